The first-order valence-corrected chi connectivity index (χ1v) is 7.67. The number of aromatic nitrogens is 3. The Morgan fingerprint density at radius 3 is 3.15 bits per heavy atom. The Balaban J connectivity index is 1.58. The topological polar surface area (TPSA) is 59.8 Å². The lowest BCUT2D eigenvalue weighted by atomic mass is 9.99. The summed E-state index contributed by atoms with van der Waals surface area (Å²) in [6.07, 6.45) is 5.93. The molecule has 2 aromatic rings. The third kappa shape index (κ3) is 2.60. The van der Waals surface area contributed by atoms with Gasteiger partial charge in [-0.1, -0.05) is 0 Å². The molecule has 0 saturated carbocycles. The van der Waals surface area contributed by atoms with Crippen molar-refractivity contribution >= 4 is 17.2 Å². The molecular weight excluding hydrogens is 272 g/mol. The smallest absolute Gasteiger partial charge is 0.263 e. The molecule has 5 nitrogen and oxygen atoms in total. The van der Waals surface area contributed by atoms with Gasteiger partial charge in [0.25, 0.3) is 5.91 Å². The molecule has 3 rings (SSSR count). The highest BCUT2D eigenvalue weighted by molar-refractivity contribution is 7.13. The zero-order chi connectivity index (χ0) is 14.1. The van der Waals surface area contributed by atoms with E-state index in [1.807, 2.05) is 26.2 Å². The molecule has 1 amide bonds. The SMILES string of the molecule is Cc1nc(C)c(C(=O)NC[C@H]2CCc3nccn3C2)s1. The van der Waals surface area contributed by atoms with Crippen LogP contribution in [0.4, 0.5) is 0 Å². The fourth-order valence-corrected chi connectivity index (χ4v) is 3.50. The van der Waals surface area contributed by atoms with Crippen molar-refractivity contribution < 1.29 is 4.79 Å². The molecule has 0 radical (unpaired) electrons. The summed E-state index contributed by atoms with van der Waals surface area (Å²) < 4.78 is 2.18. The molecule has 0 aliphatic carbocycles. The highest BCUT2D eigenvalue weighted by atomic mass is 32.1. The van der Waals surface area contributed by atoms with Gasteiger partial charge < -0.3 is 9.88 Å². The Labute approximate surface area is 122 Å². The number of imidazole rings is 1. The first-order chi connectivity index (χ1) is 9.63. The van der Waals surface area contributed by atoms with Crippen LogP contribution in [0.3, 0.4) is 0 Å². The van der Waals surface area contributed by atoms with Crippen LogP contribution in [-0.4, -0.2) is 27.0 Å². The fraction of sp³-hybridized carbons (Fsp3) is 0.500. The lowest BCUT2D eigenvalue weighted by Crippen LogP contribution is -2.33. The number of hydrogen-bond acceptors (Lipinski definition) is 4. The molecule has 0 aromatic carbocycles. The van der Waals surface area contributed by atoms with Gasteiger partial charge in [-0.2, -0.15) is 0 Å². The number of nitrogens with one attached hydrogen (secondary N) is 1. The van der Waals surface area contributed by atoms with E-state index in [1.54, 1.807) is 0 Å². The Morgan fingerprint density at radius 1 is 1.55 bits per heavy atom. The second kappa shape index (κ2) is 5.36. The van der Waals surface area contributed by atoms with Crippen LogP contribution in [0.5, 0.6) is 0 Å². The zero-order valence-corrected chi connectivity index (χ0v) is 12.5. The van der Waals surface area contributed by atoms with Crippen LogP contribution in [-0.2, 0) is 13.0 Å². The predicted molar refractivity (Wildman–Crippen MR) is 78.0 cm³/mol. The molecule has 1 aliphatic heterocycles. The van der Waals surface area contributed by atoms with E-state index in [4.69, 9.17) is 0 Å². The maximum Gasteiger partial charge on any atom is 0.263 e. The molecule has 106 valence electrons. The molecule has 2 aromatic heterocycles. The molecule has 0 spiro atoms. The van der Waals surface area contributed by atoms with Crippen molar-refractivity contribution in [3.8, 4) is 0 Å². The highest BCUT2D eigenvalue weighted by Gasteiger charge is 2.20. The van der Waals surface area contributed by atoms with Gasteiger partial charge in [-0.25, -0.2) is 9.97 Å². The summed E-state index contributed by atoms with van der Waals surface area (Å²) in [7, 11) is 0. The third-order valence-corrected chi connectivity index (χ3v) is 4.77. The minimum absolute atomic E-state index is 0.00419. The number of rotatable bonds is 3. The van der Waals surface area contributed by atoms with E-state index in [9.17, 15) is 4.79 Å². The first kappa shape index (κ1) is 13.3. The van der Waals surface area contributed by atoms with Crippen molar-refractivity contribution in [3.63, 3.8) is 0 Å². The molecule has 0 saturated heterocycles. The van der Waals surface area contributed by atoms with Gasteiger partial charge in [-0.3, -0.25) is 4.79 Å². The van der Waals surface area contributed by atoms with Gasteiger partial charge in [0.1, 0.15) is 10.7 Å². The van der Waals surface area contributed by atoms with Crippen LogP contribution < -0.4 is 5.32 Å². The number of hydrogen-bond donors (Lipinski definition) is 1. The lowest BCUT2D eigenvalue weighted by molar-refractivity contribution is 0.0947. The summed E-state index contributed by atoms with van der Waals surface area (Å²) in [6.45, 7) is 5.47. The van der Waals surface area contributed by atoms with Crippen molar-refractivity contribution in [2.45, 2.75) is 33.2 Å². The number of nitrogens with zero attached hydrogens (tertiary/aromatic N) is 3. The Kier molecular flexibility index (Phi) is 3.56. The van der Waals surface area contributed by atoms with E-state index in [1.165, 1.54) is 11.3 Å². The summed E-state index contributed by atoms with van der Waals surface area (Å²) in [5.41, 5.74) is 0.825. The number of amides is 1. The quantitative estimate of drug-likeness (QED) is 0.940. The molecular formula is C14H18N4OS. The van der Waals surface area contributed by atoms with E-state index in [0.717, 1.165) is 40.8 Å². The van der Waals surface area contributed by atoms with Crippen LogP contribution in [0.1, 0.15) is 32.6 Å². The Hall–Kier alpha value is -1.69. The summed E-state index contributed by atoms with van der Waals surface area (Å²) in [5.74, 6) is 1.64. The molecule has 20 heavy (non-hydrogen) atoms. The van der Waals surface area contributed by atoms with Gasteiger partial charge in [-0.15, -0.1) is 11.3 Å². The van der Waals surface area contributed by atoms with Gasteiger partial charge in [0.05, 0.1) is 10.7 Å². The summed E-state index contributed by atoms with van der Waals surface area (Å²) in [4.78, 5) is 21.5. The maximum absolute atomic E-state index is 12.2. The van der Waals surface area contributed by atoms with Gasteiger partial charge in [0, 0.05) is 31.9 Å². The lowest BCUT2D eigenvalue weighted by Gasteiger charge is -2.23. The van der Waals surface area contributed by atoms with Gasteiger partial charge in [-0.05, 0) is 26.2 Å². The number of thiazole rings is 1. The average Bonchev–Trinajstić information content (AvgIpc) is 3.01. The second-order valence-corrected chi connectivity index (χ2v) is 6.46. The van der Waals surface area contributed by atoms with Gasteiger partial charge in [0.2, 0.25) is 0 Å². The molecule has 0 bridgehead atoms. The minimum atomic E-state index is 0.00419. The van der Waals surface area contributed by atoms with Crippen LogP contribution in [0.2, 0.25) is 0 Å². The molecule has 0 unspecified atom stereocenters. The van der Waals surface area contributed by atoms with Crippen molar-refractivity contribution in [1.82, 2.24) is 19.9 Å². The monoisotopic (exact) mass is 290 g/mol. The van der Waals surface area contributed by atoms with Gasteiger partial charge >= 0.3 is 0 Å². The van der Waals surface area contributed by atoms with E-state index >= 15 is 0 Å². The van der Waals surface area contributed by atoms with E-state index in [2.05, 4.69) is 19.9 Å². The van der Waals surface area contributed by atoms with Crippen LogP contribution >= 0.6 is 11.3 Å². The Bertz CT molecular complexity index is 631. The van der Waals surface area contributed by atoms with Crippen molar-refractivity contribution in [1.29, 1.82) is 0 Å². The Morgan fingerprint density at radius 2 is 2.40 bits per heavy atom. The molecule has 1 aliphatic rings. The average molecular weight is 290 g/mol. The summed E-state index contributed by atoms with van der Waals surface area (Å²) in [6, 6.07) is 0. The minimum Gasteiger partial charge on any atom is -0.351 e. The number of carbonyl (C=O) groups is 1. The van der Waals surface area contributed by atoms with Gasteiger partial charge in [0.15, 0.2) is 0 Å². The molecule has 3 heterocycles. The number of aryl methyl sites for hydroxylation is 3. The van der Waals surface area contributed by atoms with E-state index in [0.29, 0.717) is 12.5 Å². The molecule has 0 fully saturated rings. The zero-order valence-electron chi connectivity index (χ0n) is 11.7. The largest absolute Gasteiger partial charge is 0.351 e. The van der Waals surface area contributed by atoms with E-state index < -0.39 is 0 Å². The predicted octanol–water partition coefficient (Wildman–Crippen LogP) is 1.95. The molecule has 1 atom stereocenters. The van der Waals surface area contributed by atoms with Crippen molar-refractivity contribution in [2.75, 3.05) is 6.54 Å². The molecule has 1 N–H and O–H groups in total. The second-order valence-electron chi connectivity index (χ2n) is 5.26. The fourth-order valence-electron chi connectivity index (χ4n) is 2.66. The van der Waals surface area contributed by atoms with Crippen molar-refractivity contribution in [3.05, 3.63) is 33.8 Å². The third-order valence-electron chi connectivity index (χ3n) is 3.69. The maximum atomic E-state index is 12.2. The number of fused-ring (bicyclic) bond motifs is 1. The standard InChI is InChI=1S/C14H18N4OS/c1-9-13(20-10(2)17-9)14(19)16-7-11-3-4-12-15-5-6-18(12)8-11/h5-6,11H,3-4,7-8H2,1-2H3,(H,16,19)/t11-/m1/s1. The van der Waals surface area contributed by atoms with Crippen LogP contribution in [0.25, 0.3) is 0 Å². The van der Waals surface area contributed by atoms with Crippen molar-refractivity contribution in [2.24, 2.45) is 5.92 Å². The highest BCUT2D eigenvalue weighted by Crippen LogP contribution is 2.19. The van der Waals surface area contributed by atoms with Crippen LogP contribution in [0.15, 0.2) is 12.4 Å². The van der Waals surface area contributed by atoms with Crippen LogP contribution in [0, 0.1) is 19.8 Å². The number of carbonyl (C=O) groups excluding carboxylic acids is 1. The first-order valence-electron chi connectivity index (χ1n) is 6.85. The summed E-state index contributed by atoms with van der Waals surface area (Å²) in [5, 5.41) is 3.98. The summed E-state index contributed by atoms with van der Waals surface area (Å²) >= 11 is 1.46. The molecule has 6 heteroatoms. The normalized spacial score (nSPS) is 17.8. The van der Waals surface area contributed by atoms with E-state index in [-0.39, 0.29) is 5.91 Å².